The molecular formula is C16H22N4O2S. The highest BCUT2D eigenvalue weighted by Gasteiger charge is 2.36. The summed E-state index contributed by atoms with van der Waals surface area (Å²) < 4.78 is 29.2. The lowest BCUT2D eigenvalue weighted by molar-refractivity contribution is 0.471. The van der Waals surface area contributed by atoms with Crippen LogP contribution in [0.5, 0.6) is 0 Å². The maximum absolute atomic E-state index is 13.0. The van der Waals surface area contributed by atoms with Gasteiger partial charge in [-0.05, 0) is 44.9 Å². The summed E-state index contributed by atoms with van der Waals surface area (Å²) in [4.78, 5) is 4.76. The van der Waals surface area contributed by atoms with Gasteiger partial charge >= 0.3 is 0 Å². The van der Waals surface area contributed by atoms with Gasteiger partial charge in [0.2, 0.25) is 10.0 Å². The number of sulfonamides is 1. The molecule has 0 aromatic carbocycles. The molecule has 6 nitrogen and oxygen atoms in total. The molecule has 0 spiro atoms. The van der Waals surface area contributed by atoms with Gasteiger partial charge in [-0.2, -0.15) is 9.40 Å². The van der Waals surface area contributed by atoms with Crippen molar-refractivity contribution in [2.75, 3.05) is 13.1 Å². The van der Waals surface area contributed by atoms with E-state index in [0.717, 1.165) is 17.7 Å². The SMILES string of the molecule is Cc1ccnc(C2CCN(S(=O)(=O)c3c(C)nn(C)c3C)C2)c1. The first-order valence-corrected chi connectivity index (χ1v) is 9.17. The zero-order valence-corrected chi connectivity index (χ0v) is 14.8. The van der Waals surface area contributed by atoms with Crippen molar-refractivity contribution in [3.8, 4) is 0 Å². The van der Waals surface area contributed by atoms with E-state index in [4.69, 9.17) is 0 Å². The molecule has 1 saturated heterocycles. The Morgan fingerprint density at radius 1 is 1.26 bits per heavy atom. The van der Waals surface area contributed by atoms with Gasteiger partial charge < -0.3 is 0 Å². The van der Waals surface area contributed by atoms with Crippen molar-refractivity contribution in [1.29, 1.82) is 0 Å². The average molecular weight is 334 g/mol. The maximum atomic E-state index is 13.0. The number of rotatable bonds is 3. The Hall–Kier alpha value is -1.73. The predicted octanol–water partition coefficient (Wildman–Crippen LogP) is 1.92. The highest BCUT2D eigenvalue weighted by atomic mass is 32.2. The zero-order valence-electron chi connectivity index (χ0n) is 13.9. The molecule has 124 valence electrons. The largest absolute Gasteiger partial charge is 0.271 e. The second-order valence-electron chi connectivity index (χ2n) is 6.23. The van der Waals surface area contributed by atoms with Crippen molar-refractivity contribution in [1.82, 2.24) is 19.1 Å². The second-order valence-corrected chi connectivity index (χ2v) is 8.11. The summed E-state index contributed by atoms with van der Waals surface area (Å²) >= 11 is 0. The molecule has 2 aromatic rings. The van der Waals surface area contributed by atoms with E-state index in [0.29, 0.717) is 29.4 Å². The fourth-order valence-corrected chi connectivity index (χ4v) is 5.13. The van der Waals surface area contributed by atoms with Crippen molar-refractivity contribution < 1.29 is 8.42 Å². The van der Waals surface area contributed by atoms with E-state index in [1.165, 1.54) is 0 Å². The number of aryl methyl sites for hydroxylation is 3. The molecule has 2 aromatic heterocycles. The Bertz CT molecular complexity index is 842. The van der Waals surface area contributed by atoms with Crippen LogP contribution < -0.4 is 0 Å². The molecule has 1 atom stereocenters. The molecule has 0 aliphatic carbocycles. The van der Waals surface area contributed by atoms with Crippen molar-refractivity contribution in [3.63, 3.8) is 0 Å². The van der Waals surface area contributed by atoms with E-state index >= 15 is 0 Å². The van der Waals surface area contributed by atoms with E-state index in [1.807, 2.05) is 19.1 Å². The molecule has 0 bridgehead atoms. The Kier molecular flexibility index (Phi) is 4.01. The number of nitrogens with zero attached hydrogens (tertiary/aromatic N) is 4. The first-order valence-electron chi connectivity index (χ1n) is 7.73. The van der Waals surface area contributed by atoms with Crippen LogP contribution in [0.2, 0.25) is 0 Å². The molecular weight excluding hydrogens is 312 g/mol. The van der Waals surface area contributed by atoms with E-state index in [9.17, 15) is 8.42 Å². The van der Waals surface area contributed by atoms with Crippen molar-refractivity contribution in [2.24, 2.45) is 7.05 Å². The third kappa shape index (κ3) is 2.79. The van der Waals surface area contributed by atoms with Gasteiger partial charge in [0.1, 0.15) is 4.90 Å². The van der Waals surface area contributed by atoms with Gasteiger partial charge in [-0.3, -0.25) is 9.67 Å². The van der Waals surface area contributed by atoms with Crippen LogP contribution >= 0.6 is 0 Å². The quantitative estimate of drug-likeness (QED) is 0.860. The average Bonchev–Trinajstić information content (AvgIpc) is 3.05. The molecule has 3 rings (SSSR count). The molecule has 0 amide bonds. The monoisotopic (exact) mass is 334 g/mol. The van der Waals surface area contributed by atoms with E-state index < -0.39 is 10.0 Å². The van der Waals surface area contributed by atoms with Crippen LogP contribution in [0.3, 0.4) is 0 Å². The zero-order chi connectivity index (χ0) is 16.8. The normalized spacial score (nSPS) is 19.4. The lowest BCUT2D eigenvalue weighted by Gasteiger charge is -2.17. The Labute approximate surface area is 137 Å². The third-order valence-corrected chi connectivity index (χ3v) is 6.66. The van der Waals surface area contributed by atoms with E-state index in [-0.39, 0.29) is 5.92 Å². The van der Waals surface area contributed by atoms with Crippen LogP contribution in [0, 0.1) is 20.8 Å². The standard InChI is InChI=1S/C16H22N4O2S/c1-11-5-7-17-15(9-11)14-6-8-20(10-14)23(21,22)16-12(2)18-19(4)13(16)3/h5,7,9,14H,6,8,10H2,1-4H3. The number of pyridine rings is 1. The van der Waals surface area contributed by atoms with Crippen LogP contribution in [0.4, 0.5) is 0 Å². The fraction of sp³-hybridized carbons (Fsp3) is 0.500. The molecule has 0 radical (unpaired) electrons. The summed E-state index contributed by atoms with van der Waals surface area (Å²) in [5.74, 6) is 0.155. The molecule has 1 fully saturated rings. The minimum atomic E-state index is -3.51. The minimum Gasteiger partial charge on any atom is -0.271 e. The lowest BCUT2D eigenvalue weighted by Crippen LogP contribution is -2.29. The summed E-state index contributed by atoms with van der Waals surface area (Å²) in [7, 11) is -1.74. The van der Waals surface area contributed by atoms with Crippen LogP contribution in [-0.4, -0.2) is 40.6 Å². The van der Waals surface area contributed by atoms with Crippen LogP contribution in [0.1, 0.15) is 35.0 Å². The second kappa shape index (κ2) is 5.72. The molecule has 1 aliphatic rings. The smallest absolute Gasteiger partial charge is 0.246 e. The third-order valence-electron chi connectivity index (χ3n) is 4.55. The van der Waals surface area contributed by atoms with Gasteiger partial charge in [0.05, 0.1) is 11.4 Å². The minimum absolute atomic E-state index is 0.155. The number of hydrogen-bond donors (Lipinski definition) is 0. The first-order chi connectivity index (χ1) is 10.8. The van der Waals surface area contributed by atoms with Crippen LogP contribution in [0.15, 0.2) is 23.2 Å². The molecule has 0 saturated carbocycles. The fourth-order valence-electron chi connectivity index (χ4n) is 3.23. The van der Waals surface area contributed by atoms with E-state index in [2.05, 4.69) is 10.1 Å². The van der Waals surface area contributed by atoms with Crippen LogP contribution in [-0.2, 0) is 17.1 Å². The number of hydrogen-bond acceptors (Lipinski definition) is 4. The molecule has 0 N–H and O–H groups in total. The summed E-state index contributed by atoms with van der Waals surface area (Å²) in [5, 5.41) is 4.24. The summed E-state index contributed by atoms with van der Waals surface area (Å²) in [6.07, 6.45) is 2.59. The molecule has 1 aliphatic heterocycles. The first kappa shape index (κ1) is 16.1. The molecule has 1 unspecified atom stereocenters. The van der Waals surface area contributed by atoms with Gasteiger partial charge in [-0.1, -0.05) is 0 Å². The highest BCUT2D eigenvalue weighted by molar-refractivity contribution is 7.89. The van der Waals surface area contributed by atoms with Crippen molar-refractivity contribution in [2.45, 2.75) is 38.0 Å². The van der Waals surface area contributed by atoms with Gasteiger partial charge in [0.15, 0.2) is 0 Å². The lowest BCUT2D eigenvalue weighted by atomic mass is 10.0. The number of aromatic nitrogens is 3. The maximum Gasteiger partial charge on any atom is 0.246 e. The van der Waals surface area contributed by atoms with Gasteiger partial charge in [0.25, 0.3) is 0 Å². The Balaban J connectivity index is 1.88. The van der Waals surface area contributed by atoms with Crippen molar-refractivity contribution >= 4 is 10.0 Å². The Morgan fingerprint density at radius 3 is 2.61 bits per heavy atom. The summed E-state index contributed by atoms with van der Waals surface area (Å²) in [6, 6.07) is 4.00. The molecule has 23 heavy (non-hydrogen) atoms. The summed E-state index contributed by atoms with van der Waals surface area (Å²) in [6.45, 7) is 6.57. The molecule has 3 heterocycles. The molecule has 7 heteroatoms. The van der Waals surface area contributed by atoms with Crippen molar-refractivity contribution in [3.05, 3.63) is 41.0 Å². The predicted molar refractivity (Wildman–Crippen MR) is 87.8 cm³/mol. The van der Waals surface area contributed by atoms with E-state index in [1.54, 1.807) is 36.1 Å². The summed E-state index contributed by atoms with van der Waals surface area (Å²) in [5.41, 5.74) is 3.36. The van der Waals surface area contributed by atoms with Gasteiger partial charge in [-0.25, -0.2) is 8.42 Å². The Morgan fingerprint density at radius 2 is 2.00 bits per heavy atom. The van der Waals surface area contributed by atoms with Crippen LogP contribution in [0.25, 0.3) is 0 Å². The topological polar surface area (TPSA) is 68.1 Å². The van der Waals surface area contributed by atoms with Gasteiger partial charge in [-0.15, -0.1) is 0 Å². The van der Waals surface area contributed by atoms with Gasteiger partial charge in [0, 0.05) is 37.9 Å². The highest BCUT2D eigenvalue weighted by Crippen LogP contribution is 2.32.